The zero-order valence-corrected chi connectivity index (χ0v) is 15.5. The molecule has 0 aliphatic heterocycles. The van der Waals surface area contributed by atoms with Gasteiger partial charge < -0.3 is 10.1 Å². The number of nitrogens with zero attached hydrogens (tertiary/aromatic N) is 1. The molecule has 0 aliphatic rings. The maximum atomic E-state index is 7.55. The van der Waals surface area contributed by atoms with Crippen LogP contribution in [0.5, 0.6) is 0 Å². The summed E-state index contributed by atoms with van der Waals surface area (Å²) >= 11 is 0. The van der Waals surface area contributed by atoms with Crippen molar-refractivity contribution in [2.45, 2.75) is 60.9 Å². The van der Waals surface area contributed by atoms with Crippen LogP contribution in [-0.2, 0) is 11.3 Å². The molecule has 0 fully saturated rings. The number of unbranched alkanes of at least 4 members (excludes halogenated alkanes) is 1. The number of nitrogens with one attached hydrogen (secondary N) is 1. The van der Waals surface area contributed by atoms with E-state index in [9.17, 15) is 0 Å². The fraction of sp³-hybridized carbons (Fsp3) is 0.500. The van der Waals surface area contributed by atoms with Crippen LogP contribution in [0.25, 0.3) is 0 Å². The normalized spacial score (nSPS) is 12.4. The predicted molar refractivity (Wildman–Crippen MR) is 96.9 cm³/mol. The second-order valence-electron chi connectivity index (χ2n) is 6.37. The highest BCUT2D eigenvalue weighted by Crippen LogP contribution is 2.06. The first-order valence-electron chi connectivity index (χ1n) is 8.30. The van der Waals surface area contributed by atoms with Crippen molar-refractivity contribution in [2.75, 3.05) is 6.61 Å². The van der Waals surface area contributed by atoms with Crippen molar-refractivity contribution < 1.29 is 9.30 Å². The van der Waals surface area contributed by atoms with Crippen LogP contribution in [0.4, 0.5) is 0 Å². The molecule has 1 N–H and O–H groups in total. The van der Waals surface area contributed by atoms with E-state index in [4.69, 9.17) is 10.1 Å². The number of hydrogen-bond donors (Lipinski definition) is 1. The standard InChI is InChI=1S/C20H31N2O/c1-15-11-18(4)20(6)22(13-15)9-7-8-10-23-14-16(2)12-17(3)19(5)21/h11-14,21H,7-10H2,1-6H3/q+1/b16-14-,17-12-,21-19?. The van der Waals surface area contributed by atoms with E-state index in [1.54, 1.807) is 13.2 Å². The lowest BCUT2D eigenvalue weighted by Gasteiger charge is -2.05. The highest BCUT2D eigenvalue weighted by atomic mass is 16.5. The van der Waals surface area contributed by atoms with E-state index in [0.29, 0.717) is 5.71 Å². The van der Waals surface area contributed by atoms with Gasteiger partial charge in [0, 0.05) is 30.2 Å². The van der Waals surface area contributed by atoms with Gasteiger partial charge in [-0.05, 0) is 58.3 Å². The molecule has 0 aliphatic carbocycles. The van der Waals surface area contributed by atoms with Gasteiger partial charge in [0.05, 0.1) is 12.9 Å². The van der Waals surface area contributed by atoms with E-state index in [1.165, 1.54) is 16.8 Å². The van der Waals surface area contributed by atoms with Gasteiger partial charge in [0.15, 0.2) is 11.9 Å². The summed E-state index contributed by atoms with van der Waals surface area (Å²) in [6, 6.07) is 2.23. The summed E-state index contributed by atoms with van der Waals surface area (Å²) < 4.78 is 7.94. The third-order valence-electron chi connectivity index (χ3n) is 4.02. The molecule has 0 aromatic carbocycles. The number of rotatable bonds is 8. The van der Waals surface area contributed by atoms with Crippen LogP contribution in [0, 0.1) is 26.2 Å². The van der Waals surface area contributed by atoms with Gasteiger partial charge in [-0.1, -0.05) is 6.08 Å². The Morgan fingerprint density at radius 2 is 1.87 bits per heavy atom. The second kappa shape index (κ2) is 9.29. The predicted octanol–water partition coefficient (Wildman–Crippen LogP) is 4.59. The maximum Gasteiger partial charge on any atom is 0.181 e. The van der Waals surface area contributed by atoms with Crippen molar-refractivity contribution in [3.8, 4) is 0 Å². The van der Waals surface area contributed by atoms with Crippen molar-refractivity contribution in [1.82, 2.24) is 0 Å². The molecule has 0 spiro atoms. The zero-order chi connectivity index (χ0) is 17.4. The summed E-state index contributed by atoms with van der Waals surface area (Å²) in [5, 5.41) is 7.55. The summed E-state index contributed by atoms with van der Waals surface area (Å²) in [4.78, 5) is 0. The van der Waals surface area contributed by atoms with Crippen molar-refractivity contribution in [2.24, 2.45) is 0 Å². The van der Waals surface area contributed by atoms with Crippen molar-refractivity contribution >= 4 is 5.71 Å². The van der Waals surface area contributed by atoms with E-state index >= 15 is 0 Å². The Hall–Kier alpha value is -1.90. The topological polar surface area (TPSA) is 37.0 Å². The maximum absolute atomic E-state index is 7.55. The van der Waals surface area contributed by atoms with E-state index in [2.05, 4.69) is 37.6 Å². The summed E-state index contributed by atoms with van der Waals surface area (Å²) in [6.07, 6.45) is 8.14. The Kier molecular flexibility index (Phi) is 7.73. The quantitative estimate of drug-likeness (QED) is 0.246. The Morgan fingerprint density at radius 1 is 1.17 bits per heavy atom. The summed E-state index contributed by atoms with van der Waals surface area (Å²) in [6.45, 7) is 14.0. The molecule has 3 heteroatoms. The molecule has 0 radical (unpaired) electrons. The van der Waals surface area contributed by atoms with Crippen LogP contribution in [0.1, 0.15) is 50.4 Å². The van der Waals surface area contributed by atoms with Gasteiger partial charge in [0.25, 0.3) is 0 Å². The third kappa shape index (κ3) is 6.81. The minimum atomic E-state index is 0.596. The third-order valence-corrected chi connectivity index (χ3v) is 4.02. The molecule has 3 nitrogen and oxygen atoms in total. The molecular weight excluding hydrogens is 284 g/mol. The Morgan fingerprint density at radius 3 is 2.52 bits per heavy atom. The smallest absolute Gasteiger partial charge is 0.181 e. The van der Waals surface area contributed by atoms with Crippen molar-refractivity contribution in [3.05, 3.63) is 52.6 Å². The Balaban J connectivity index is 2.37. The van der Waals surface area contributed by atoms with E-state index < -0.39 is 0 Å². The van der Waals surface area contributed by atoms with Crippen molar-refractivity contribution in [1.29, 1.82) is 5.41 Å². The fourth-order valence-corrected chi connectivity index (χ4v) is 2.43. The average Bonchev–Trinajstić information content (AvgIpc) is 2.47. The van der Waals surface area contributed by atoms with Gasteiger partial charge in [-0.2, -0.15) is 0 Å². The molecule has 1 heterocycles. The average molecular weight is 315 g/mol. The first kappa shape index (κ1) is 19.1. The molecule has 126 valence electrons. The first-order chi connectivity index (χ1) is 10.8. The number of ether oxygens (including phenoxy) is 1. The molecule has 1 aromatic rings. The number of pyridine rings is 1. The largest absolute Gasteiger partial charge is 0.501 e. The monoisotopic (exact) mass is 315 g/mol. The number of aromatic nitrogens is 1. The minimum Gasteiger partial charge on any atom is -0.501 e. The second-order valence-corrected chi connectivity index (χ2v) is 6.37. The zero-order valence-electron chi connectivity index (χ0n) is 15.5. The van der Waals surface area contributed by atoms with E-state index in [1.807, 2.05) is 19.9 Å². The highest BCUT2D eigenvalue weighted by molar-refractivity contribution is 5.95. The van der Waals surface area contributed by atoms with E-state index in [0.717, 1.165) is 37.1 Å². The fourth-order valence-electron chi connectivity index (χ4n) is 2.43. The van der Waals surface area contributed by atoms with Crippen molar-refractivity contribution in [3.63, 3.8) is 0 Å². The Labute approximate surface area is 141 Å². The number of allylic oxidation sites excluding steroid dienone is 3. The van der Waals surface area contributed by atoms with Gasteiger partial charge in [-0.15, -0.1) is 0 Å². The van der Waals surface area contributed by atoms with Crippen LogP contribution < -0.4 is 4.57 Å². The lowest BCUT2D eigenvalue weighted by molar-refractivity contribution is -0.703. The molecule has 1 aromatic heterocycles. The molecular formula is C20H31N2O+. The summed E-state index contributed by atoms with van der Waals surface area (Å²) in [5.41, 5.74) is 6.63. The lowest BCUT2D eigenvalue weighted by Crippen LogP contribution is -2.38. The molecule has 0 atom stereocenters. The number of hydrogen-bond acceptors (Lipinski definition) is 2. The summed E-state index contributed by atoms with van der Waals surface area (Å²) in [5.74, 6) is 0. The molecule has 23 heavy (non-hydrogen) atoms. The first-order valence-corrected chi connectivity index (χ1v) is 8.30. The van der Waals surface area contributed by atoms with Gasteiger partial charge in [-0.3, -0.25) is 0 Å². The van der Waals surface area contributed by atoms with Gasteiger partial charge in [0.2, 0.25) is 0 Å². The molecule has 0 amide bonds. The lowest BCUT2D eigenvalue weighted by atomic mass is 10.1. The highest BCUT2D eigenvalue weighted by Gasteiger charge is 2.09. The van der Waals surface area contributed by atoms with Crippen LogP contribution in [0.3, 0.4) is 0 Å². The van der Waals surface area contributed by atoms with Crippen LogP contribution in [-0.4, -0.2) is 12.3 Å². The van der Waals surface area contributed by atoms with Gasteiger partial charge >= 0.3 is 0 Å². The molecule has 0 unspecified atom stereocenters. The van der Waals surface area contributed by atoms with Crippen LogP contribution in [0.2, 0.25) is 0 Å². The van der Waals surface area contributed by atoms with Crippen LogP contribution >= 0.6 is 0 Å². The molecule has 0 saturated heterocycles. The molecule has 0 saturated carbocycles. The van der Waals surface area contributed by atoms with Gasteiger partial charge in [-0.25, -0.2) is 4.57 Å². The molecule has 0 bridgehead atoms. The number of aryl methyl sites for hydroxylation is 3. The Bertz CT molecular complexity index is 612. The van der Waals surface area contributed by atoms with Crippen LogP contribution in [0.15, 0.2) is 35.7 Å². The molecule has 1 rings (SSSR count). The van der Waals surface area contributed by atoms with E-state index in [-0.39, 0.29) is 0 Å². The SMILES string of the molecule is CC(=N)/C(C)=C\C(C)=C/OCCCC[n+]1cc(C)cc(C)c1C. The van der Waals surface area contributed by atoms with Gasteiger partial charge in [0.1, 0.15) is 6.54 Å². The minimum absolute atomic E-state index is 0.596. The summed E-state index contributed by atoms with van der Waals surface area (Å²) in [7, 11) is 0.